The van der Waals surface area contributed by atoms with Crippen LogP contribution in [0.4, 0.5) is 10.5 Å². The average molecular weight is 330 g/mol. The number of hydrogen-bond acceptors (Lipinski definition) is 3. The van der Waals surface area contributed by atoms with Gasteiger partial charge in [0.05, 0.1) is 19.9 Å². The number of urea groups is 1. The molecular weight excluding hydrogens is 304 g/mol. The fourth-order valence-electron chi connectivity index (χ4n) is 5.38. The second-order valence-electron chi connectivity index (χ2n) is 7.62. The number of methoxy groups -OCH3 is 2. The largest absolute Gasteiger partial charge is 0.497 e. The summed E-state index contributed by atoms with van der Waals surface area (Å²) in [6.07, 6.45) is 6.59. The molecule has 0 atom stereocenters. The zero-order valence-electron chi connectivity index (χ0n) is 14.4. The number of nitrogens with one attached hydrogen (secondary N) is 2. The summed E-state index contributed by atoms with van der Waals surface area (Å²) in [6.45, 7) is 0. The van der Waals surface area contributed by atoms with E-state index < -0.39 is 0 Å². The molecule has 4 bridgehead atoms. The van der Waals surface area contributed by atoms with Gasteiger partial charge in [0.15, 0.2) is 0 Å². The van der Waals surface area contributed by atoms with Gasteiger partial charge in [0, 0.05) is 12.1 Å². The summed E-state index contributed by atoms with van der Waals surface area (Å²) in [6, 6.07) is 5.60. The van der Waals surface area contributed by atoms with Crippen molar-refractivity contribution in [2.24, 2.45) is 23.7 Å². The SMILES string of the molecule is COc1ccc(OC)c(NC(=O)NC2C3CC4CC(C3)CC2C4)c1. The van der Waals surface area contributed by atoms with E-state index in [-0.39, 0.29) is 6.03 Å². The molecule has 1 aromatic rings. The van der Waals surface area contributed by atoms with Crippen LogP contribution in [-0.4, -0.2) is 26.3 Å². The van der Waals surface area contributed by atoms with Gasteiger partial charge >= 0.3 is 6.03 Å². The molecule has 0 radical (unpaired) electrons. The summed E-state index contributed by atoms with van der Waals surface area (Å²) in [5.74, 6) is 4.48. The van der Waals surface area contributed by atoms with Crippen molar-refractivity contribution in [1.29, 1.82) is 0 Å². The van der Waals surface area contributed by atoms with Crippen LogP contribution in [-0.2, 0) is 0 Å². The third-order valence-electron chi connectivity index (χ3n) is 6.18. The van der Waals surface area contributed by atoms with Crippen LogP contribution in [0.2, 0.25) is 0 Å². The van der Waals surface area contributed by atoms with Gasteiger partial charge in [-0.05, 0) is 67.9 Å². The first-order valence-electron chi connectivity index (χ1n) is 8.95. The summed E-state index contributed by atoms with van der Waals surface area (Å²) in [5, 5.41) is 6.19. The molecule has 4 aliphatic carbocycles. The Morgan fingerprint density at radius 3 is 2.25 bits per heavy atom. The molecule has 0 aromatic heterocycles. The van der Waals surface area contributed by atoms with Crippen molar-refractivity contribution >= 4 is 11.7 Å². The molecule has 0 unspecified atom stereocenters. The second kappa shape index (κ2) is 6.19. The smallest absolute Gasteiger partial charge is 0.319 e. The average Bonchev–Trinajstić information content (AvgIpc) is 2.57. The normalized spacial score (nSPS) is 33.2. The predicted octanol–water partition coefficient (Wildman–Crippen LogP) is 3.65. The van der Waals surface area contributed by atoms with Crippen LogP contribution in [0.1, 0.15) is 32.1 Å². The van der Waals surface area contributed by atoms with Gasteiger partial charge in [0.25, 0.3) is 0 Å². The molecule has 130 valence electrons. The standard InChI is InChI=1S/C19H26N2O3/c1-23-15-3-4-17(24-2)16(10-15)20-19(22)21-18-13-6-11-5-12(8-13)9-14(18)7-11/h3-4,10-14,18H,5-9H2,1-2H3,(H2,20,21,22). The lowest BCUT2D eigenvalue weighted by Gasteiger charge is -2.54. The Bertz CT molecular complexity index is 603. The minimum Gasteiger partial charge on any atom is -0.497 e. The Morgan fingerprint density at radius 1 is 1.00 bits per heavy atom. The number of carbonyl (C=O) groups excluding carboxylic acids is 1. The van der Waals surface area contributed by atoms with Crippen LogP contribution < -0.4 is 20.1 Å². The van der Waals surface area contributed by atoms with E-state index >= 15 is 0 Å². The van der Waals surface area contributed by atoms with Crippen molar-refractivity contribution in [2.75, 3.05) is 19.5 Å². The number of hydrogen-bond donors (Lipinski definition) is 2. The van der Waals surface area contributed by atoms with Gasteiger partial charge in [-0.1, -0.05) is 0 Å². The fourth-order valence-corrected chi connectivity index (χ4v) is 5.38. The van der Waals surface area contributed by atoms with Gasteiger partial charge in [-0.3, -0.25) is 0 Å². The molecule has 0 spiro atoms. The molecule has 5 heteroatoms. The van der Waals surface area contributed by atoms with Crippen molar-refractivity contribution in [3.8, 4) is 11.5 Å². The van der Waals surface area contributed by atoms with Crippen molar-refractivity contribution in [2.45, 2.75) is 38.1 Å². The summed E-state index contributed by atoms with van der Waals surface area (Å²) < 4.78 is 10.6. The maximum Gasteiger partial charge on any atom is 0.319 e. The van der Waals surface area contributed by atoms with Crippen LogP contribution in [0.25, 0.3) is 0 Å². The van der Waals surface area contributed by atoms with E-state index in [0.717, 1.165) is 11.8 Å². The zero-order chi connectivity index (χ0) is 16.7. The van der Waals surface area contributed by atoms with Crippen LogP contribution >= 0.6 is 0 Å². The van der Waals surface area contributed by atoms with E-state index in [1.54, 1.807) is 26.4 Å². The first kappa shape index (κ1) is 15.6. The quantitative estimate of drug-likeness (QED) is 0.886. The predicted molar refractivity (Wildman–Crippen MR) is 92.5 cm³/mol. The molecule has 0 heterocycles. The highest BCUT2D eigenvalue weighted by atomic mass is 16.5. The maximum absolute atomic E-state index is 12.6. The first-order valence-corrected chi connectivity index (χ1v) is 8.95. The number of anilines is 1. The molecule has 0 saturated heterocycles. The lowest BCUT2D eigenvalue weighted by molar-refractivity contribution is -0.00883. The molecule has 24 heavy (non-hydrogen) atoms. The van der Waals surface area contributed by atoms with E-state index in [9.17, 15) is 4.79 Å². The number of amides is 2. The third-order valence-corrected chi connectivity index (χ3v) is 6.18. The molecule has 5 nitrogen and oxygen atoms in total. The van der Waals surface area contributed by atoms with E-state index in [1.165, 1.54) is 32.1 Å². The molecule has 2 amide bonds. The van der Waals surface area contributed by atoms with Gasteiger partial charge in [-0.15, -0.1) is 0 Å². The highest BCUT2D eigenvalue weighted by Crippen LogP contribution is 2.53. The zero-order valence-corrected chi connectivity index (χ0v) is 14.4. The fraction of sp³-hybridized carbons (Fsp3) is 0.632. The number of carbonyl (C=O) groups is 1. The van der Waals surface area contributed by atoms with Crippen LogP contribution in [0, 0.1) is 23.7 Å². The molecule has 4 fully saturated rings. The van der Waals surface area contributed by atoms with Gasteiger partial charge < -0.3 is 20.1 Å². The van der Waals surface area contributed by atoms with Gasteiger partial charge in [0.1, 0.15) is 11.5 Å². The van der Waals surface area contributed by atoms with E-state index in [1.807, 2.05) is 6.07 Å². The summed E-state index contributed by atoms with van der Waals surface area (Å²) in [7, 11) is 3.21. The Morgan fingerprint density at radius 2 is 1.67 bits per heavy atom. The summed E-state index contributed by atoms with van der Waals surface area (Å²) in [4.78, 5) is 12.6. The van der Waals surface area contributed by atoms with Crippen molar-refractivity contribution in [3.63, 3.8) is 0 Å². The van der Waals surface area contributed by atoms with E-state index in [4.69, 9.17) is 9.47 Å². The monoisotopic (exact) mass is 330 g/mol. The highest BCUT2D eigenvalue weighted by Gasteiger charge is 2.48. The Labute approximate surface area is 143 Å². The van der Waals surface area contributed by atoms with E-state index in [0.29, 0.717) is 35.1 Å². The number of rotatable bonds is 4. The molecular formula is C19H26N2O3. The van der Waals surface area contributed by atoms with Crippen LogP contribution in [0.3, 0.4) is 0 Å². The topological polar surface area (TPSA) is 59.6 Å². The first-order chi connectivity index (χ1) is 11.7. The molecule has 4 saturated carbocycles. The molecule has 4 aliphatic rings. The minimum atomic E-state index is -0.140. The lowest BCUT2D eigenvalue weighted by Crippen LogP contribution is -2.56. The molecule has 2 N–H and O–H groups in total. The maximum atomic E-state index is 12.6. The number of benzene rings is 1. The Hall–Kier alpha value is -1.91. The van der Waals surface area contributed by atoms with Crippen LogP contribution in [0.5, 0.6) is 11.5 Å². The van der Waals surface area contributed by atoms with E-state index in [2.05, 4.69) is 10.6 Å². The Kier molecular flexibility index (Phi) is 4.02. The highest BCUT2D eigenvalue weighted by molar-refractivity contribution is 5.91. The van der Waals surface area contributed by atoms with Crippen LogP contribution in [0.15, 0.2) is 18.2 Å². The second-order valence-corrected chi connectivity index (χ2v) is 7.62. The summed E-state index contributed by atoms with van der Waals surface area (Å²) in [5.41, 5.74) is 0.637. The minimum absolute atomic E-state index is 0.140. The van der Waals surface area contributed by atoms with Crippen molar-refractivity contribution in [3.05, 3.63) is 18.2 Å². The number of ether oxygens (including phenoxy) is 2. The Balaban J connectivity index is 1.44. The van der Waals surface area contributed by atoms with Gasteiger partial charge in [0.2, 0.25) is 0 Å². The molecule has 0 aliphatic heterocycles. The van der Waals surface area contributed by atoms with Crippen molar-refractivity contribution in [1.82, 2.24) is 5.32 Å². The lowest BCUT2D eigenvalue weighted by atomic mass is 9.54. The molecule has 1 aromatic carbocycles. The summed E-state index contributed by atoms with van der Waals surface area (Å²) >= 11 is 0. The van der Waals surface area contributed by atoms with Crippen molar-refractivity contribution < 1.29 is 14.3 Å². The van der Waals surface area contributed by atoms with Gasteiger partial charge in [-0.2, -0.15) is 0 Å². The third kappa shape index (κ3) is 2.80. The molecule has 5 rings (SSSR count). The van der Waals surface area contributed by atoms with Gasteiger partial charge in [-0.25, -0.2) is 4.79 Å².